The summed E-state index contributed by atoms with van der Waals surface area (Å²) < 4.78 is 1.70. The average Bonchev–Trinajstić information content (AvgIpc) is 2.84. The predicted molar refractivity (Wildman–Crippen MR) is 114 cm³/mol. The zero-order chi connectivity index (χ0) is 20.6. The lowest BCUT2D eigenvalue weighted by molar-refractivity contribution is 0.0927. The van der Waals surface area contributed by atoms with Crippen LogP contribution in [0, 0.1) is 6.92 Å². The number of carbonyl (C=O) groups excluding carboxylic acids is 1. The van der Waals surface area contributed by atoms with E-state index in [4.69, 9.17) is 5.73 Å². The van der Waals surface area contributed by atoms with E-state index in [1.165, 1.54) is 6.34 Å². The summed E-state index contributed by atoms with van der Waals surface area (Å²) in [5.41, 5.74) is 7.62. The van der Waals surface area contributed by atoms with Crippen LogP contribution in [-0.4, -0.2) is 28.8 Å². The van der Waals surface area contributed by atoms with Gasteiger partial charge in [0.2, 0.25) is 0 Å². The fourth-order valence-corrected chi connectivity index (χ4v) is 4.66. The summed E-state index contributed by atoms with van der Waals surface area (Å²) in [6.45, 7) is 3.99. The van der Waals surface area contributed by atoms with Crippen LogP contribution in [0.2, 0.25) is 0 Å². The van der Waals surface area contributed by atoms with Gasteiger partial charge in [0, 0.05) is 6.42 Å². The number of rotatable bonds is 4. The van der Waals surface area contributed by atoms with E-state index < -0.39 is 5.66 Å². The number of aliphatic imine (C=N–C) groups is 2. The van der Waals surface area contributed by atoms with Gasteiger partial charge in [-0.15, -0.1) is 0 Å². The molecule has 3 aliphatic rings. The number of nitrogens with two attached hydrogens (primary N) is 1. The number of anilines is 1. The normalized spacial score (nSPS) is 25.9. The number of aromatic nitrogens is 1. The summed E-state index contributed by atoms with van der Waals surface area (Å²) in [6, 6.07) is 1.74. The molecule has 0 saturated carbocycles. The first-order valence-electron chi connectivity index (χ1n) is 10.4. The van der Waals surface area contributed by atoms with Gasteiger partial charge in [-0.05, 0) is 56.2 Å². The van der Waals surface area contributed by atoms with Crippen molar-refractivity contribution in [3.05, 3.63) is 39.3 Å². The molecule has 0 saturated heterocycles. The first-order chi connectivity index (χ1) is 14.0. The van der Waals surface area contributed by atoms with Crippen molar-refractivity contribution in [2.24, 2.45) is 15.7 Å². The van der Waals surface area contributed by atoms with Gasteiger partial charge in [0.15, 0.2) is 0 Å². The van der Waals surface area contributed by atoms with E-state index >= 15 is 0 Å². The van der Waals surface area contributed by atoms with Gasteiger partial charge >= 0.3 is 0 Å². The van der Waals surface area contributed by atoms with Crippen LogP contribution in [0.4, 0.5) is 5.69 Å². The van der Waals surface area contributed by atoms with Crippen molar-refractivity contribution in [2.45, 2.75) is 70.6 Å². The van der Waals surface area contributed by atoms with Crippen LogP contribution in [0.15, 0.2) is 32.5 Å². The molecule has 3 heterocycles. The van der Waals surface area contributed by atoms with Crippen LogP contribution in [0.3, 0.4) is 0 Å². The topological polar surface area (TPSA) is 114 Å². The van der Waals surface area contributed by atoms with Gasteiger partial charge in [0.25, 0.3) is 11.5 Å². The Hall–Kier alpha value is -2.90. The number of carbonyl (C=O) groups is 1. The van der Waals surface area contributed by atoms with Gasteiger partial charge in [0.05, 0.1) is 0 Å². The fourth-order valence-electron chi connectivity index (χ4n) is 4.66. The molecule has 154 valence electrons. The first-order valence-corrected chi connectivity index (χ1v) is 10.4. The van der Waals surface area contributed by atoms with E-state index in [9.17, 15) is 9.59 Å². The highest BCUT2D eigenvalue weighted by Crippen LogP contribution is 2.39. The molecule has 4 rings (SSSR count). The largest absolute Gasteiger partial charge is 0.387 e. The number of aryl methyl sites for hydroxylation is 1. The number of nitrogens with zero attached hydrogens (tertiary/aromatic N) is 3. The third-order valence-electron chi connectivity index (χ3n) is 5.94. The Kier molecular flexibility index (Phi) is 5.02. The Morgan fingerprint density at radius 3 is 2.97 bits per heavy atom. The molecule has 2 atom stereocenters. The monoisotopic (exact) mass is 396 g/mol. The lowest BCUT2D eigenvalue weighted by atomic mass is 9.92. The van der Waals surface area contributed by atoms with E-state index in [1.807, 2.05) is 6.92 Å². The number of nitrogens with one attached hydrogen (secondary N) is 2. The van der Waals surface area contributed by atoms with Crippen LogP contribution in [-0.2, 0) is 5.66 Å². The molecule has 4 N–H and O–H groups in total. The number of fused-ring (bicyclic) bond motifs is 2. The summed E-state index contributed by atoms with van der Waals surface area (Å²) in [7, 11) is 0. The quantitative estimate of drug-likeness (QED) is 0.678. The molecule has 0 radical (unpaired) electrons. The standard InChI is InChI=1S/C21H28N6O2/c1-3-7-14-8-5-4-6-9-21(14)26-19(28)18-13(2)10-15(20(29)27(18)21)25-17-11-16(22)23-12-24-17/h8,10,12,17,25H,3-7,9,11H2,1-2H3,(H,26,28)(H2,22,23,24). The minimum Gasteiger partial charge on any atom is -0.387 e. The van der Waals surface area contributed by atoms with Crippen molar-refractivity contribution in [3.63, 3.8) is 0 Å². The van der Waals surface area contributed by atoms with E-state index in [1.54, 1.807) is 10.6 Å². The maximum absolute atomic E-state index is 13.6. The molecule has 29 heavy (non-hydrogen) atoms. The molecule has 0 aromatic carbocycles. The molecule has 8 nitrogen and oxygen atoms in total. The number of hydrogen-bond donors (Lipinski definition) is 3. The van der Waals surface area contributed by atoms with Crippen LogP contribution in [0.5, 0.6) is 0 Å². The van der Waals surface area contributed by atoms with E-state index in [0.29, 0.717) is 23.6 Å². The number of hydrogen-bond acceptors (Lipinski definition) is 6. The summed E-state index contributed by atoms with van der Waals surface area (Å²) in [6.07, 6.45) is 9.23. The van der Waals surface area contributed by atoms with Crippen LogP contribution < -0.4 is 21.9 Å². The molecule has 2 aliphatic heterocycles. The fraction of sp³-hybridized carbons (Fsp3) is 0.524. The zero-order valence-electron chi connectivity index (χ0n) is 17.0. The van der Waals surface area contributed by atoms with Crippen molar-refractivity contribution >= 4 is 23.8 Å². The molecule has 1 aromatic rings. The Balaban J connectivity index is 1.83. The highest BCUT2D eigenvalue weighted by atomic mass is 16.2. The molecule has 1 amide bonds. The van der Waals surface area contributed by atoms with Gasteiger partial charge in [-0.3, -0.25) is 14.2 Å². The van der Waals surface area contributed by atoms with Gasteiger partial charge in [-0.2, -0.15) is 0 Å². The highest BCUT2D eigenvalue weighted by Gasteiger charge is 2.47. The maximum atomic E-state index is 13.6. The SMILES string of the molecule is CCCC1=CCCCCC12NC(=O)c1c(C)cc(NC3CC(N)=NC=N3)c(=O)n12. The molecule has 0 fully saturated rings. The van der Waals surface area contributed by atoms with Crippen LogP contribution in [0.1, 0.15) is 67.9 Å². The Labute approximate surface area is 170 Å². The van der Waals surface area contributed by atoms with Crippen molar-refractivity contribution in [2.75, 3.05) is 5.32 Å². The maximum Gasteiger partial charge on any atom is 0.276 e. The minimum atomic E-state index is -0.769. The minimum absolute atomic E-state index is 0.179. The molecule has 1 spiro atoms. The smallest absolute Gasteiger partial charge is 0.276 e. The van der Waals surface area contributed by atoms with Crippen molar-refractivity contribution in [1.29, 1.82) is 0 Å². The van der Waals surface area contributed by atoms with Crippen molar-refractivity contribution in [3.8, 4) is 0 Å². The predicted octanol–water partition coefficient (Wildman–Crippen LogP) is 2.38. The molecule has 0 bridgehead atoms. The summed E-state index contributed by atoms with van der Waals surface area (Å²) >= 11 is 0. The molecule has 8 heteroatoms. The Bertz CT molecular complexity index is 990. The second-order valence-electron chi connectivity index (χ2n) is 8.02. The van der Waals surface area contributed by atoms with Crippen molar-refractivity contribution in [1.82, 2.24) is 9.88 Å². The van der Waals surface area contributed by atoms with E-state index in [-0.39, 0.29) is 17.6 Å². The second-order valence-corrected chi connectivity index (χ2v) is 8.02. The summed E-state index contributed by atoms with van der Waals surface area (Å²) in [4.78, 5) is 34.8. The van der Waals surface area contributed by atoms with Gasteiger partial charge in [-0.1, -0.05) is 19.4 Å². The van der Waals surface area contributed by atoms with Crippen molar-refractivity contribution < 1.29 is 4.79 Å². The average molecular weight is 396 g/mol. The summed E-state index contributed by atoms with van der Waals surface area (Å²) in [5.74, 6) is 0.294. The third-order valence-corrected chi connectivity index (χ3v) is 5.94. The van der Waals surface area contributed by atoms with Gasteiger partial charge in [-0.25, -0.2) is 9.98 Å². The highest BCUT2D eigenvalue weighted by molar-refractivity contribution is 5.97. The van der Waals surface area contributed by atoms with Gasteiger partial charge in [0.1, 0.15) is 35.4 Å². The third kappa shape index (κ3) is 3.26. The number of amidine groups is 1. The van der Waals surface area contributed by atoms with E-state index in [2.05, 4.69) is 33.6 Å². The van der Waals surface area contributed by atoms with Crippen LogP contribution in [0.25, 0.3) is 0 Å². The Morgan fingerprint density at radius 1 is 1.38 bits per heavy atom. The molecule has 2 unspecified atom stereocenters. The number of amides is 1. The van der Waals surface area contributed by atoms with Crippen LogP contribution >= 0.6 is 0 Å². The molecular formula is C21H28N6O2. The lowest BCUT2D eigenvalue weighted by Gasteiger charge is -2.34. The Morgan fingerprint density at radius 2 is 2.21 bits per heavy atom. The number of allylic oxidation sites excluding steroid dienone is 1. The second kappa shape index (κ2) is 7.50. The zero-order valence-corrected chi connectivity index (χ0v) is 17.0. The first kappa shape index (κ1) is 19.4. The molecule has 1 aliphatic carbocycles. The van der Waals surface area contributed by atoms with E-state index in [0.717, 1.165) is 49.7 Å². The lowest BCUT2D eigenvalue weighted by Crippen LogP contribution is -2.49. The number of pyridine rings is 1. The molecule has 1 aromatic heterocycles. The van der Waals surface area contributed by atoms with Gasteiger partial charge < -0.3 is 16.4 Å². The molecular weight excluding hydrogens is 368 g/mol. The summed E-state index contributed by atoms with van der Waals surface area (Å²) in [5, 5.41) is 6.39.